The Labute approximate surface area is 39.3 Å². The van der Waals surface area contributed by atoms with Crippen LogP contribution in [0.2, 0.25) is 0 Å². The summed E-state index contributed by atoms with van der Waals surface area (Å²) in [6, 6.07) is 0. The van der Waals surface area contributed by atoms with Crippen LogP contribution in [0.15, 0.2) is 0 Å². The molecule has 0 aliphatic heterocycles. The van der Waals surface area contributed by atoms with Gasteiger partial charge in [0.15, 0.2) is 0 Å². The summed E-state index contributed by atoms with van der Waals surface area (Å²) in [4.78, 5) is 0. The highest BCUT2D eigenvalue weighted by Crippen LogP contribution is 1.47. The van der Waals surface area contributed by atoms with Gasteiger partial charge in [-0.2, -0.15) is 0 Å². The van der Waals surface area contributed by atoms with E-state index in [2.05, 4.69) is 0 Å². The third kappa shape index (κ3) is 182. The Hall–Kier alpha value is 0.367. The van der Waals surface area contributed by atoms with Crippen molar-refractivity contribution in [2.45, 2.75) is 0 Å². The molecule has 0 aromatic carbocycles. The number of hydrogen-bond donors (Lipinski definition) is 0. The van der Waals surface area contributed by atoms with E-state index in [1.165, 1.54) is 0 Å². The first-order chi connectivity index (χ1) is 1.73. The van der Waals surface area contributed by atoms with Crippen molar-refractivity contribution < 1.29 is 4.21 Å². The van der Waals surface area contributed by atoms with Crippen LogP contribution in [0.3, 0.4) is 0 Å². The predicted octanol–water partition coefficient (Wildman–Crippen LogP) is -1.46. The molecule has 0 bridgehead atoms. The Morgan fingerprint density at radius 2 is 1.40 bits per heavy atom. The van der Waals surface area contributed by atoms with Crippen LogP contribution in [-0.4, -0.2) is 27.7 Å². The van der Waals surface area contributed by atoms with Gasteiger partial charge in [-0.1, -0.05) is 0 Å². The van der Waals surface area contributed by atoms with Gasteiger partial charge in [0.05, 0.1) is 0 Å². The molecule has 0 amide bonds. The molecular weight excluding hydrogens is 100 g/mol. The maximum Gasteiger partial charge on any atom is 0.0148 e. The summed E-state index contributed by atoms with van der Waals surface area (Å²) in [5.74, 6) is 0. The Kier molecular flexibility index (Phi) is 7.89. The Morgan fingerprint density at radius 1 is 1.40 bits per heavy atom. The lowest BCUT2D eigenvalue weighted by Gasteiger charge is -1.60. The first-order valence-electron chi connectivity index (χ1n) is 0.983. The Morgan fingerprint density at radius 3 is 1.40 bits per heavy atom. The SMILES string of the molecule is CS(C)=O.[SiH4]. The van der Waals surface area contributed by atoms with Crippen LogP contribution in [-0.2, 0) is 10.8 Å². The summed E-state index contributed by atoms with van der Waals surface area (Å²) >= 11 is 0. The van der Waals surface area contributed by atoms with Crippen LogP contribution >= 0.6 is 0 Å². The minimum Gasteiger partial charge on any atom is -0.260 e. The molecule has 0 aromatic heterocycles. The van der Waals surface area contributed by atoms with E-state index in [1.54, 1.807) is 12.5 Å². The van der Waals surface area contributed by atoms with Crippen molar-refractivity contribution in [2.75, 3.05) is 12.5 Å². The molecule has 0 heterocycles. The highest BCUT2D eigenvalue weighted by atomic mass is 32.2. The molecule has 0 saturated carbocycles. The standard InChI is InChI=1S/C2H6OS.H4Si/c1-4(2)3;/h1-2H3;1H4. The molecule has 0 unspecified atom stereocenters. The van der Waals surface area contributed by atoms with Gasteiger partial charge < -0.3 is 0 Å². The van der Waals surface area contributed by atoms with Crippen LogP contribution in [0.25, 0.3) is 0 Å². The predicted molar refractivity (Wildman–Crippen MR) is 31.3 cm³/mol. The fraction of sp³-hybridized carbons (Fsp3) is 1.00. The van der Waals surface area contributed by atoms with E-state index in [4.69, 9.17) is 0 Å². The van der Waals surface area contributed by atoms with Gasteiger partial charge in [0.25, 0.3) is 0 Å². The molecule has 0 spiro atoms. The van der Waals surface area contributed by atoms with Crippen molar-refractivity contribution in [1.82, 2.24) is 0 Å². The Balaban J connectivity index is 0. The molecule has 0 atom stereocenters. The molecule has 0 aliphatic carbocycles. The van der Waals surface area contributed by atoms with Gasteiger partial charge in [0.2, 0.25) is 0 Å². The van der Waals surface area contributed by atoms with E-state index in [0.29, 0.717) is 0 Å². The molecule has 5 heavy (non-hydrogen) atoms. The number of hydrogen-bond acceptors (Lipinski definition) is 1. The molecule has 0 aliphatic rings. The van der Waals surface area contributed by atoms with Crippen molar-refractivity contribution in [3.05, 3.63) is 0 Å². The van der Waals surface area contributed by atoms with E-state index < -0.39 is 10.8 Å². The highest BCUT2D eigenvalue weighted by Gasteiger charge is 1.57. The van der Waals surface area contributed by atoms with Crippen LogP contribution in [0, 0.1) is 0 Å². The third-order valence-electron chi connectivity index (χ3n) is 0. The van der Waals surface area contributed by atoms with Crippen molar-refractivity contribution in [3.8, 4) is 0 Å². The van der Waals surface area contributed by atoms with Gasteiger partial charge in [0.1, 0.15) is 0 Å². The van der Waals surface area contributed by atoms with E-state index in [9.17, 15) is 4.21 Å². The maximum absolute atomic E-state index is 9.56. The van der Waals surface area contributed by atoms with E-state index >= 15 is 0 Å². The molecule has 0 rings (SSSR count). The zero-order chi connectivity index (χ0) is 3.58. The van der Waals surface area contributed by atoms with Crippen LogP contribution < -0.4 is 0 Å². The summed E-state index contributed by atoms with van der Waals surface area (Å²) in [7, 11) is -0.611. The average Bonchev–Trinajstić information content (AvgIpc) is 0.811. The second-order valence-corrected chi connectivity index (χ2v) is 2.22. The minimum absolute atomic E-state index is 0. The van der Waals surface area contributed by atoms with Gasteiger partial charge in [-0.3, -0.25) is 4.21 Å². The zero-order valence-electron chi connectivity index (χ0n) is 2.82. The maximum atomic E-state index is 9.56. The minimum atomic E-state index is -0.611. The van der Waals surface area contributed by atoms with Gasteiger partial charge in [0, 0.05) is 23.3 Å². The van der Waals surface area contributed by atoms with Crippen LogP contribution in [0.5, 0.6) is 0 Å². The van der Waals surface area contributed by atoms with Gasteiger partial charge >= 0.3 is 0 Å². The topological polar surface area (TPSA) is 17.1 Å². The van der Waals surface area contributed by atoms with Crippen molar-refractivity contribution in [1.29, 1.82) is 0 Å². The summed E-state index contributed by atoms with van der Waals surface area (Å²) in [5, 5.41) is 0. The van der Waals surface area contributed by atoms with Gasteiger partial charge in [-0.25, -0.2) is 0 Å². The summed E-state index contributed by atoms with van der Waals surface area (Å²) in [5.41, 5.74) is 0. The lowest BCUT2D eigenvalue weighted by molar-refractivity contribution is 0.690. The molecule has 0 fully saturated rings. The fourth-order valence-corrected chi connectivity index (χ4v) is 0. The first-order valence-corrected chi connectivity index (χ1v) is 2.95. The normalized spacial score (nSPS) is 7.00. The largest absolute Gasteiger partial charge is 0.260 e. The van der Waals surface area contributed by atoms with Crippen molar-refractivity contribution in [2.24, 2.45) is 0 Å². The van der Waals surface area contributed by atoms with Crippen molar-refractivity contribution in [3.63, 3.8) is 0 Å². The summed E-state index contributed by atoms with van der Waals surface area (Å²) in [6.45, 7) is 0. The lowest BCUT2D eigenvalue weighted by Crippen LogP contribution is -1.70. The van der Waals surface area contributed by atoms with Gasteiger partial charge in [-0.05, 0) is 11.0 Å². The molecule has 0 saturated heterocycles. The third-order valence-corrected chi connectivity index (χ3v) is 0. The molecule has 1 nitrogen and oxygen atoms in total. The lowest BCUT2D eigenvalue weighted by atomic mass is 11.9. The second kappa shape index (κ2) is 4.37. The average molecular weight is 110 g/mol. The fourth-order valence-electron chi connectivity index (χ4n) is 0. The number of rotatable bonds is 0. The van der Waals surface area contributed by atoms with E-state index in [0.717, 1.165) is 0 Å². The Bertz CT molecular complexity index is 32.6. The van der Waals surface area contributed by atoms with Crippen molar-refractivity contribution >= 4 is 21.8 Å². The molecular formula is C2H10OSSi. The van der Waals surface area contributed by atoms with Gasteiger partial charge in [-0.15, -0.1) is 0 Å². The molecule has 0 N–H and O–H groups in total. The summed E-state index contributed by atoms with van der Waals surface area (Å²) in [6.07, 6.45) is 3.28. The quantitative estimate of drug-likeness (QED) is 0.348. The monoisotopic (exact) mass is 110 g/mol. The zero-order valence-corrected chi connectivity index (χ0v) is 3.63. The van der Waals surface area contributed by atoms with E-state index in [1.807, 2.05) is 0 Å². The molecule has 0 aromatic rings. The van der Waals surface area contributed by atoms with Crippen LogP contribution in [0.1, 0.15) is 0 Å². The molecule has 0 radical (unpaired) electrons. The first kappa shape index (κ1) is 9.03. The summed E-state index contributed by atoms with van der Waals surface area (Å²) < 4.78 is 9.56. The smallest absolute Gasteiger partial charge is 0.0148 e. The van der Waals surface area contributed by atoms with E-state index in [-0.39, 0.29) is 11.0 Å². The van der Waals surface area contributed by atoms with Crippen LogP contribution in [0.4, 0.5) is 0 Å². The molecule has 3 heteroatoms. The molecule has 34 valence electrons. The highest BCUT2D eigenvalue weighted by molar-refractivity contribution is 7.83. The second-order valence-electron chi connectivity index (χ2n) is 0.742.